The number of ether oxygens (including phenoxy) is 1. The molecule has 8 heteroatoms. The van der Waals surface area contributed by atoms with Gasteiger partial charge in [-0.05, 0) is 25.0 Å². The summed E-state index contributed by atoms with van der Waals surface area (Å²) in [6.07, 6.45) is 3.43. The molecule has 1 aromatic carbocycles. The van der Waals surface area contributed by atoms with Crippen molar-refractivity contribution in [2.45, 2.75) is 32.4 Å². The van der Waals surface area contributed by atoms with E-state index in [0.29, 0.717) is 19.7 Å². The minimum atomic E-state index is 0. The molecule has 0 unspecified atom stereocenters. The van der Waals surface area contributed by atoms with E-state index in [2.05, 4.69) is 30.4 Å². The Hall–Kier alpha value is -1.84. The highest BCUT2D eigenvalue weighted by Crippen LogP contribution is 2.13. The summed E-state index contributed by atoms with van der Waals surface area (Å²) in [4.78, 5) is 4.23. The molecule has 0 radical (unpaired) electrons. The average molecular weight is 456 g/mol. The fourth-order valence-corrected chi connectivity index (χ4v) is 2.74. The quantitative estimate of drug-likeness (QED) is 0.301. The molecule has 2 aromatic rings. The van der Waals surface area contributed by atoms with E-state index >= 15 is 0 Å². The van der Waals surface area contributed by atoms with Crippen molar-refractivity contribution in [1.82, 2.24) is 25.4 Å². The molecule has 0 bridgehead atoms. The van der Waals surface area contributed by atoms with Gasteiger partial charge < -0.3 is 19.9 Å². The van der Waals surface area contributed by atoms with Gasteiger partial charge in [0, 0.05) is 20.0 Å². The highest BCUT2D eigenvalue weighted by molar-refractivity contribution is 14.0. The lowest BCUT2D eigenvalue weighted by Gasteiger charge is -2.16. The van der Waals surface area contributed by atoms with E-state index in [4.69, 9.17) is 4.74 Å². The molecule has 3 rings (SSSR count). The summed E-state index contributed by atoms with van der Waals surface area (Å²) in [5.41, 5.74) is 0. The Balaban J connectivity index is 0.00000225. The van der Waals surface area contributed by atoms with Gasteiger partial charge in [0.1, 0.15) is 18.2 Å². The number of aromatic nitrogens is 3. The number of para-hydroxylation sites is 1. The maximum absolute atomic E-state index is 5.65. The van der Waals surface area contributed by atoms with E-state index in [-0.39, 0.29) is 24.0 Å². The molecule has 0 atom stereocenters. The number of aryl methyl sites for hydroxylation is 1. The van der Waals surface area contributed by atoms with Gasteiger partial charge in [0.25, 0.3) is 0 Å². The lowest BCUT2D eigenvalue weighted by atomic mass is 10.2. The Labute approximate surface area is 165 Å². The van der Waals surface area contributed by atoms with Crippen LogP contribution < -0.4 is 15.4 Å². The third-order valence-corrected chi connectivity index (χ3v) is 3.98. The van der Waals surface area contributed by atoms with Crippen LogP contribution in [0.5, 0.6) is 5.75 Å². The molecule has 0 saturated carbocycles. The van der Waals surface area contributed by atoms with Crippen molar-refractivity contribution < 1.29 is 4.74 Å². The van der Waals surface area contributed by atoms with Gasteiger partial charge in [0.05, 0.1) is 13.1 Å². The number of hydrogen-bond donors (Lipinski definition) is 2. The number of benzene rings is 1. The largest absolute Gasteiger partial charge is 0.492 e. The Kier molecular flexibility index (Phi) is 7.96. The second kappa shape index (κ2) is 10.2. The first kappa shape index (κ1) is 19.5. The zero-order valence-electron chi connectivity index (χ0n) is 14.4. The van der Waals surface area contributed by atoms with Crippen molar-refractivity contribution in [1.29, 1.82) is 0 Å². The van der Waals surface area contributed by atoms with Crippen LogP contribution in [0.25, 0.3) is 0 Å². The van der Waals surface area contributed by atoms with Crippen LogP contribution >= 0.6 is 24.0 Å². The van der Waals surface area contributed by atoms with Crippen LogP contribution in [-0.4, -0.2) is 40.9 Å². The van der Waals surface area contributed by atoms with Crippen molar-refractivity contribution in [3.05, 3.63) is 42.0 Å². The van der Waals surface area contributed by atoms with Gasteiger partial charge in [0.15, 0.2) is 11.8 Å². The predicted octanol–water partition coefficient (Wildman–Crippen LogP) is 1.98. The van der Waals surface area contributed by atoms with E-state index in [0.717, 1.165) is 36.3 Å². The number of guanidine groups is 1. The van der Waals surface area contributed by atoms with Gasteiger partial charge in [0.2, 0.25) is 0 Å². The Bertz CT molecular complexity index is 673. The van der Waals surface area contributed by atoms with E-state index in [1.807, 2.05) is 30.3 Å². The summed E-state index contributed by atoms with van der Waals surface area (Å²) < 4.78 is 7.86. The molecule has 0 aliphatic carbocycles. The second-order valence-electron chi connectivity index (χ2n) is 5.66. The zero-order chi connectivity index (χ0) is 16.6. The van der Waals surface area contributed by atoms with Crippen LogP contribution in [0.15, 0.2) is 35.3 Å². The summed E-state index contributed by atoms with van der Waals surface area (Å²) in [6, 6.07) is 9.79. The number of hydrogen-bond acceptors (Lipinski definition) is 4. The topological polar surface area (TPSA) is 76.4 Å². The van der Waals surface area contributed by atoms with Crippen molar-refractivity contribution in [2.75, 3.05) is 20.2 Å². The van der Waals surface area contributed by atoms with Gasteiger partial charge >= 0.3 is 0 Å². The minimum Gasteiger partial charge on any atom is -0.492 e. The van der Waals surface area contributed by atoms with E-state index in [9.17, 15) is 0 Å². The average Bonchev–Trinajstić information content (AvgIpc) is 3.05. The Morgan fingerprint density at radius 1 is 1.20 bits per heavy atom. The van der Waals surface area contributed by atoms with Crippen LogP contribution in [0.4, 0.5) is 0 Å². The minimum absolute atomic E-state index is 0. The first-order valence-electron chi connectivity index (χ1n) is 8.40. The molecule has 2 N–H and O–H groups in total. The number of rotatable bonds is 6. The molecular formula is C17H25IN6O. The van der Waals surface area contributed by atoms with Crippen LogP contribution in [0.3, 0.4) is 0 Å². The molecule has 0 amide bonds. The van der Waals surface area contributed by atoms with E-state index in [1.54, 1.807) is 7.05 Å². The zero-order valence-corrected chi connectivity index (χ0v) is 16.8. The molecule has 0 saturated heterocycles. The lowest BCUT2D eigenvalue weighted by Crippen LogP contribution is -2.39. The normalized spacial score (nSPS) is 13.6. The van der Waals surface area contributed by atoms with Crippen LogP contribution in [0, 0.1) is 0 Å². The summed E-state index contributed by atoms with van der Waals surface area (Å²) in [7, 11) is 1.76. The standard InChI is InChI=1S/C17H24N6O.HI/c1-18-17(19-10-12-24-14-7-3-2-4-8-14)20-13-16-22-21-15-9-5-6-11-23(15)16;/h2-4,7-8H,5-6,9-13H2,1H3,(H2,18,19,20);1H. The maximum atomic E-state index is 5.65. The van der Waals surface area contributed by atoms with Crippen LogP contribution in [0.1, 0.15) is 24.5 Å². The summed E-state index contributed by atoms with van der Waals surface area (Å²) in [5, 5.41) is 15.1. The first-order valence-corrected chi connectivity index (χ1v) is 8.40. The van der Waals surface area contributed by atoms with Crippen LogP contribution in [-0.2, 0) is 19.5 Å². The molecule has 1 aromatic heterocycles. The SMILES string of the molecule is CN=C(NCCOc1ccccc1)NCc1nnc2n1CCCC2.I. The van der Waals surface area contributed by atoms with Crippen LogP contribution in [0.2, 0.25) is 0 Å². The second-order valence-corrected chi connectivity index (χ2v) is 5.66. The van der Waals surface area contributed by atoms with Crippen molar-refractivity contribution in [3.8, 4) is 5.75 Å². The molecule has 1 aliphatic rings. The smallest absolute Gasteiger partial charge is 0.191 e. The van der Waals surface area contributed by atoms with Gasteiger partial charge in [-0.1, -0.05) is 18.2 Å². The molecule has 25 heavy (non-hydrogen) atoms. The third kappa shape index (κ3) is 5.58. The van der Waals surface area contributed by atoms with Gasteiger partial charge in [-0.25, -0.2) is 0 Å². The monoisotopic (exact) mass is 456 g/mol. The Morgan fingerprint density at radius 2 is 2.04 bits per heavy atom. The van der Waals surface area contributed by atoms with E-state index in [1.165, 1.54) is 12.8 Å². The number of halogens is 1. The Morgan fingerprint density at radius 3 is 2.84 bits per heavy atom. The molecule has 1 aliphatic heterocycles. The van der Waals surface area contributed by atoms with Gasteiger partial charge in [-0.2, -0.15) is 0 Å². The fourth-order valence-electron chi connectivity index (χ4n) is 2.74. The number of nitrogens with one attached hydrogen (secondary N) is 2. The van der Waals surface area contributed by atoms with Crippen molar-refractivity contribution in [3.63, 3.8) is 0 Å². The molecule has 2 heterocycles. The van der Waals surface area contributed by atoms with Gasteiger partial charge in [-0.3, -0.25) is 4.99 Å². The molecule has 0 fully saturated rings. The third-order valence-electron chi connectivity index (χ3n) is 3.98. The highest BCUT2D eigenvalue weighted by Gasteiger charge is 2.15. The fraction of sp³-hybridized carbons (Fsp3) is 0.471. The molecule has 136 valence electrons. The predicted molar refractivity (Wildman–Crippen MR) is 109 cm³/mol. The first-order chi connectivity index (χ1) is 11.9. The maximum Gasteiger partial charge on any atom is 0.191 e. The molecule has 0 spiro atoms. The summed E-state index contributed by atoms with van der Waals surface area (Å²) in [6.45, 7) is 2.88. The molecule has 7 nitrogen and oxygen atoms in total. The highest BCUT2D eigenvalue weighted by atomic mass is 127. The van der Waals surface area contributed by atoms with Gasteiger partial charge in [-0.15, -0.1) is 34.2 Å². The number of fused-ring (bicyclic) bond motifs is 1. The van der Waals surface area contributed by atoms with Crippen molar-refractivity contribution in [2.24, 2.45) is 4.99 Å². The summed E-state index contributed by atoms with van der Waals surface area (Å²) in [5.74, 6) is 3.67. The number of nitrogens with zero attached hydrogens (tertiary/aromatic N) is 4. The molecular weight excluding hydrogens is 431 g/mol. The van der Waals surface area contributed by atoms with E-state index < -0.39 is 0 Å². The lowest BCUT2D eigenvalue weighted by molar-refractivity contribution is 0.322. The number of aliphatic imine (C=N–C) groups is 1. The van der Waals surface area contributed by atoms with Crippen molar-refractivity contribution >= 4 is 29.9 Å². The summed E-state index contributed by atoms with van der Waals surface area (Å²) >= 11 is 0.